The van der Waals surface area contributed by atoms with E-state index in [1.54, 1.807) is 16.4 Å². The van der Waals surface area contributed by atoms with Crippen LogP contribution in [0.1, 0.15) is 5.56 Å². The van der Waals surface area contributed by atoms with Gasteiger partial charge in [-0.15, -0.1) is 0 Å². The van der Waals surface area contributed by atoms with Gasteiger partial charge in [0.25, 0.3) is 0 Å². The molecule has 0 saturated carbocycles. The number of carbonyl (C=O) groups excluding carboxylic acids is 1. The van der Waals surface area contributed by atoms with Gasteiger partial charge in [0, 0.05) is 24.7 Å². The summed E-state index contributed by atoms with van der Waals surface area (Å²) in [6, 6.07) is 7.16. The Morgan fingerprint density at radius 2 is 1.84 bits per heavy atom. The molecule has 1 aromatic carbocycles. The molecule has 106 valence electrons. The first-order valence-corrected chi connectivity index (χ1v) is 7.54. The second-order valence-corrected chi connectivity index (χ2v) is 6.76. The summed E-state index contributed by atoms with van der Waals surface area (Å²) in [6.07, 6.45) is 0. The number of halogens is 1. The number of benzene rings is 1. The fraction of sp³-hybridized carbons (Fsp3) is 0.364. The van der Waals surface area contributed by atoms with E-state index in [4.69, 9.17) is 17.3 Å². The first kappa shape index (κ1) is 14.6. The molecule has 19 heavy (non-hydrogen) atoms. The van der Waals surface area contributed by atoms with Gasteiger partial charge < -0.3 is 5.73 Å². The van der Waals surface area contributed by atoms with Crippen LogP contribution in [0, 0.1) is 0 Å². The molecular formula is C11H16ClN3O3S. The summed E-state index contributed by atoms with van der Waals surface area (Å²) in [4.78, 5) is 10.9. The van der Waals surface area contributed by atoms with Crippen LogP contribution in [0.2, 0.25) is 5.02 Å². The Kier molecular flexibility index (Phi) is 4.34. The first-order valence-electron chi connectivity index (χ1n) is 5.71. The average Bonchev–Trinajstić information content (AvgIpc) is 2.59. The van der Waals surface area contributed by atoms with E-state index in [1.165, 1.54) is 4.31 Å². The zero-order valence-corrected chi connectivity index (χ0v) is 11.8. The Labute approximate surface area is 118 Å². The molecule has 1 amide bonds. The lowest BCUT2D eigenvalue weighted by molar-refractivity contribution is -0.118. The van der Waals surface area contributed by atoms with Crippen LogP contribution < -0.4 is 5.73 Å². The van der Waals surface area contributed by atoms with Gasteiger partial charge in [0.2, 0.25) is 5.91 Å². The third-order valence-electron chi connectivity index (χ3n) is 2.90. The number of primary amides is 1. The van der Waals surface area contributed by atoms with Crippen LogP contribution in [0.4, 0.5) is 0 Å². The minimum Gasteiger partial charge on any atom is -0.369 e. The van der Waals surface area contributed by atoms with Gasteiger partial charge >= 0.3 is 0 Å². The molecule has 6 nitrogen and oxygen atoms in total. The maximum absolute atomic E-state index is 10.9. The van der Waals surface area contributed by atoms with Crippen molar-refractivity contribution in [3.05, 3.63) is 34.9 Å². The van der Waals surface area contributed by atoms with E-state index in [2.05, 4.69) is 0 Å². The summed E-state index contributed by atoms with van der Waals surface area (Å²) in [5.74, 6) is -0.576. The molecule has 4 N–H and O–H groups in total. The van der Waals surface area contributed by atoms with E-state index in [0.29, 0.717) is 24.7 Å². The van der Waals surface area contributed by atoms with Gasteiger partial charge in [-0.25, -0.2) is 0 Å². The number of carbonyl (C=O) groups is 1. The van der Waals surface area contributed by atoms with Crippen molar-refractivity contribution < 1.29 is 13.9 Å². The van der Waals surface area contributed by atoms with E-state index in [-0.39, 0.29) is 6.54 Å². The molecule has 0 bridgehead atoms. The Hall–Kier alpha value is -0.830. The Morgan fingerprint density at radius 1 is 1.26 bits per heavy atom. The lowest BCUT2D eigenvalue weighted by Gasteiger charge is -2.41. The molecular weight excluding hydrogens is 290 g/mol. The van der Waals surface area contributed by atoms with Crippen molar-refractivity contribution in [2.45, 2.75) is 6.54 Å². The van der Waals surface area contributed by atoms with Crippen molar-refractivity contribution >= 4 is 28.5 Å². The number of hydrogen-bond acceptors (Lipinski definition) is 5. The fourth-order valence-corrected chi connectivity index (χ4v) is 3.66. The van der Waals surface area contributed by atoms with Crippen molar-refractivity contribution in [1.29, 1.82) is 0 Å². The van der Waals surface area contributed by atoms with Crippen molar-refractivity contribution in [3.8, 4) is 0 Å². The molecule has 1 heterocycles. The molecule has 1 saturated heterocycles. The SMILES string of the molecule is NC(=O)CN1CCN(Cc2ccc(Cl)cc2)S1(O)O. The Balaban J connectivity index is 2.05. The molecule has 1 aromatic rings. The monoisotopic (exact) mass is 305 g/mol. The van der Waals surface area contributed by atoms with Crippen molar-refractivity contribution in [2.24, 2.45) is 5.73 Å². The predicted octanol–water partition coefficient (Wildman–Crippen LogP) is 1.52. The summed E-state index contributed by atoms with van der Waals surface area (Å²) in [5.41, 5.74) is 6.01. The molecule has 0 radical (unpaired) electrons. The van der Waals surface area contributed by atoms with Gasteiger partial charge in [0.05, 0.1) is 6.54 Å². The second kappa shape index (κ2) is 5.66. The van der Waals surface area contributed by atoms with E-state index in [1.807, 2.05) is 12.1 Å². The van der Waals surface area contributed by atoms with Crippen LogP contribution in [-0.4, -0.2) is 43.3 Å². The lowest BCUT2D eigenvalue weighted by Crippen LogP contribution is -2.35. The van der Waals surface area contributed by atoms with Gasteiger partial charge in [-0.2, -0.15) is 8.61 Å². The molecule has 1 fully saturated rings. The fourth-order valence-electron chi connectivity index (χ4n) is 1.93. The van der Waals surface area contributed by atoms with Crippen molar-refractivity contribution in [1.82, 2.24) is 8.61 Å². The second-order valence-electron chi connectivity index (χ2n) is 4.31. The average molecular weight is 306 g/mol. The van der Waals surface area contributed by atoms with Gasteiger partial charge in [-0.1, -0.05) is 34.7 Å². The summed E-state index contributed by atoms with van der Waals surface area (Å²) < 4.78 is 23.1. The van der Waals surface area contributed by atoms with Gasteiger partial charge in [-0.3, -0.25) is 13.9 Å². The highest BCUT2D eigenvalue weighted by Crippen LogP contribution is 2.51. The molecule has 1 aliphatic heterocycles. The summed E-state index contributed by atoms with van der Waals surface area (Å²) in [5, 5.41) is 0.632. The van der Waals surface area contributed by atoms with Crippen LogP contribution in [0.5, 0.6) is 0 Å². The van der Waals surface area contributed by atoms with Crippen molar-refractivity contribution in [3.63, 3.8) is 0 Å². The zero-order chi connectivity index (χ0) is 14.0. The molecule has 0 aromatic heterocycles. The molecule has 8 heteroatoms. The molecule has 0 aliphatic carbocycles. The number of hydrogen-bond donors (Lipinski definition) is 3. The van der Waals surface area contributed by atoms with E-state index >= 15 is 0 Å². The topological polar surface area (TPSA) is 90.0 Å². The number of amides is 1. The molecule has 0 unspecified atom stereocenters. The predicted molar refractivity (Wildman–Crippen MR) is 75.5 cm³/mol. The van der Waals surface area contributed by atoms with Gasteiger partial charge in [-0.05, 0) is 17.7 Å². The van der Waals surface area contributed by atoms with Gasteiger partial charge in [0.15, 0.2) is 0 Å². The minimum atomic E-state index is -3.10. The summed E-state index contributed by atoms with van der Waals surface area (Å²) in [7, 11) is -3.10. The smallest absolute Gasteiger partial charge is 0.233 e. The third-order valence-corrected chi connectivity index (χ3v) is 5.16. The van der Waals surface area contributed by atoms with Crippen LogP contribution in [-0.2, 0) is 11.3 Å². The van der Waals surface area contributed by atoms with Crippen LogP contribution in [0.25, 0.3) is 0 Å². The highest BCUT2D eigenvalue weighted by molar-refractivity contribution is 8.20. The quantitative estimate of drug-likeness (QED) is 0.785. The molecule has 0 spiro atoms. The van der Waals surface area contributed by atoms with Crippen molar-refractivity contribution in [2.75, 3.05) is 19.6 Å². The Bertz CT molecular complexity index is 469. The normalized spacial score (nSPS) is 21.4. The highest BCUT2D eigenvalue weighted by atomic mass is 35.5. The maximum Gasteiger partial charge on any atom is 0.233 e. The number of rotatable bonds is 4. The Morgan fingerprint density at radius 3 is 2.42 bits per heavy atom. The molecule has 0 atom stereocenters. The zero-order valence-electron chi connectivity index (χ0n) is 10.2. The number of nitrogens with two attached hydrogens (primary N) is 1. The number of nitrogens with zero attached hydrogens (tertiary/aromatic N) is 2. The largest absolute Gasteiger partial charge is 0.369 e. The van der Waals surface area contributed by atoms with Crippen LogP contribution in [0.3, 0.4) is 0 Å². The molecule has 2 rings (SSSR count). The summed E-state index contributed by atoms with van der Waals surface area (Å²) in [6.45, 7) is 1.10. The highest BCUT2D eigenvalue weighted by Gasteiger charge is 2.37. The van der Waals surface area contributed by atoms with E-state index in [9.17, 15) is 13.9 Å². The first-order chi connectivity index (χ1) is 8.89. The summed E-state index contributed by atoms with van der Waals surface area (Å²) >= 11 is 5.80. The molecule has 1 aliphatic rings. The minimum absolute atomic E-state index is 0.153. The van der Waals surface area contributed by atoms with E-state index < -0.39 is 16.9 Å². The van der Waals surface area contributed by atoms with Gasteiger partial charge in [0.1, 0.15) is 0 Å². The third kappa shape index (κ3) is 3.38. The maximum atomic E-state index is 10.9. The van der Waals surface area contributed by atoms with E-state index in [0.717, 1.165) is 5.56 Å². The lowest BCUT2D eigenvalue weighted by atomic mass is 10.2. The van der Waals surface area contributed by atoms with Crippen LogP contribution in [0.15, 0.2) is 24.3 Å². The van der Waals surface area contributed by atoms with Crippen LogP contribution >= 0.6 is 22.6 Å². The standard InChI is InChI=1S/C11H16ClN3O3S/c12-10-3-1-9(2-4-10)7-14-5-6-15(8-11(13)16)19(14,17)18/h1-4,17-18H,5-8H2,(H2,13,16).